The highest BCUT2D eigenvalue weighted by atomic mass is 19.2. The molecule has 5 N–H and O–H groups in total. The molecule has 0 fully saturated rings. The Hall–Kier alpha value is -4.62. The molecule has 0 bridgehead atoms. The molecule has 11 nitrogen and oxygen atoms in total. The number of ether oxygens (including phenoxy) is 1. The SMILES string of the molecule is CCN(NC(=O)c1ccc(Nc2nccn3c(-c4ccc(OC)c(F)c4F)cnc23)cc1C)[C@](C)(N)CCC(=O)O. The van der Waals surface area contributed by atoms with Crippen molar-refractivity contribution in [2.24, 2.45) is 5.73 Å². The Balaban J connectivity index is 1.55. The van der Waals surface area contributed by atoms with E-state index in [9.17, 15) is 18.4 Å². The van der Waals surface area contributed by atoms with Crippen LogP contribution in [0.4, 0.5) is 20.3 Å². The molecule has 2 heterocycles. The van der Waals surface area contributed by atoms with Crippen molar-refractivity contribution in [2.75, 3.05) is 19.0 Å². The molecule has 0 saturated heterocycles. The largest absolute Gasteiger partial charge is 0.494 e. The van der Waals surface area contributed by atoms with E-state index < -0.39 is 29.2 Å². The highest BCUT2D eigenvalue weighted by Gasteiger charge is 2.29. The number of carbonyl (C=O) groups excluding carboxylic acids is 1. The van der Waals surface area contributed by atoms with Crippen LogP contribution in [0.3, 0.4) is 0 Å². The third-order valence-corrected chi connectivity index (χ3v) is 6.72. The number of carboxylic acid groups (broad SMARTS) is 1. The maximum atomic E-state index is 14.8. The van der Waals surface area contributed by atoms with Crippen LogP contribution in [0.5, 0.6) is 5.75 Å². The number of nitrogens with two attached hydrogens (primary N) is 1. The fraction of sp³-hybridized carbons (Fsp3) is 0.286. The molecule has 1 atom stereocenters. The van der Waals surface area contributed by atoms with Crippen molar-refractivity contribution < 1.29 is 28.2 Å². The van der Waals surface area contributed by atoms with Gasteiger partial charge in [0.15, 0.2) is 23.0 Å². The van der Waals surface area contributed by atoms with E-state index in [4.69, 9.17) is 15.6 Å². The topological polar surface area (TPSA) is 147 Å². The first-order chi connectivity index (χ1) is 19.5. The maximum Gasteiger partial charge on any atom is 0.303 e. The van der Waals surface area contributed by atoms with Crippen molar-refractivity contribution in [1.82, 2.24) is 24.8 Å². The molecule has 0 aliphatic rings. The molecular weight excluding hydrogens is 536 g/mol. The van der Waals surface area contributed by atoms with E-state index in [-0.39, 0.29) is 24.2 Å². The van der Waals surface area contributed by atoms with Gasteiger partial charge >= 0.3 is 5.97 Å². The average molecular weight is 568 g/mol. The lowest BCUT2D eigenvalue weighted by Crippen LogP contribution is -2.61. The number of nitrogens with zero attached hydrogens (tertiary/aromatic N) is 4. The number of hydrazine groups is 1. The van der Waals surface area contributed by atoms with Gasteiger partial charge in [-0.15, -0.1) is 0 Å². The molecule has 2 aromatic carbocycles. The van der Waals surface area contributed by atoms with Crippen LogP contribution in [0.25, 0.3) is 16.9 Å². The number of benzene rings is 2. The maximum absolute atomic E-state index is 14.8. The van der Waals surface area contributed by atoms with Gasteiger partial charge < -0.3 is 20.9 Å². The molecule has 0 aliphatic heterocycles. The summed E-state index contributed by atoms with van der Waals surface area (Å²) in [6.07, 6.45) is 4.52. The molecule has 1 amide bonds. The molecule has 41 heavy (non-hydrogen) atoms. The van der Waals surface area contributed by atoms with Crippen molar-refractivity contribution >= 4 is 29.0 Å². The summed E-state index contributed by atoms with van der Waals surface area (Å²) < 4.78 is 35.6. The summed E-state index contributed by atoms with van der Waals surface area (Å²) in [6, 6.07) is 7.85. The first kappa shape index (κ1) is 29.4. The molecule has 0 spiro atoms. The molecule has 0 radical (unpaired) electrons. The summed E-state index contributed by atoms with van der Waals surface area (Å²) in [5, 5.41) is 13.7. The summed E-state index contributed by atoms with van der Waals surface area (Å²) >= 11 is 0. The Labute approximate surface area is 234 Å². The number of anilines is 2. The Morgan fingerprint density at radius 3 is 2.61 bits per heavy atom. The van der Waals surface area contributed by atoms with Crippen molar-refractivity contribution in [3.05, 3.63) is 71.7 Å². The molecule has 216 valence electrons. The summed E-state index contributed by atoms with van der Waals surface area (Å²) in [4.78, 5) is 32.8. The number of imidazole rings is 1. The summed E-state index contributed by atoms with van der Waals surface area (Å²) in [7, 11) is 1.26. The number of halogens is 2. The van der Waals surface area contributed by atoms with E-state index in [1.807, 2.05) is 0 Å². The minimum Gasteiger partial charge on any atom is -0.494 e. The van der Waals surface area contributed by atoms with Gasteiger partial charge in [0.05, 0.1) is 24.7 Å². The smallest absolute Gasteiger partial charge is 0.303 e. The van der Waals surface area contributed by atoms with Gasteiger partial charge in [0.25, 0.3) is 5.91 Å². The summed E-state index contributed by atoms with van der Waals surface area (Å²) in [5.74, 6) is -3.35. The minimum absolute atomic E-state index is 0.0109. The third-order valence-electron chi connectivity index (χ3n) is 6.72. The number of carbonyl (C=O) groups is 2. The molecule has 4 rings (SSSR count). The van der Waals surface area contributed by atoms with E-state index in [2.05, 4.69) is 20.7 Å². The van der Waals surface area contributed by atoms with Crippen LogP contribution >= 0.6 is 0 Å². The van der Waals surface area contributed by atoms with Crippen molar-refractivity contribution in [1.29, 1.82) is 0 Å². The van der Waals surface area contributed by atoms with Crippen LogP contribution < -0.4 is 21.2 Å². The fourth-order valence-corrected chi connectivity index (χ4v) is 4.47. The molecule has 2 aromatic heterocycles. The number of hydrogen-bond donors (Lipinski definition) is 4. The molecule has 0 aliphatic carbocycles. The number of fused-ring (bicyclic) bond motifs is 1. The van der Waals surface area contributed by atoms with Crippen LogP contribution in [0.1, 0.15) is 42.6 Å². The monoisotopic (exact) mass is 567 g/mol. The van der Waals surface area contributed by atoms with Gasteiger partial charge in [-0.2, -0.15) is 4.39 Å². The summed E-state index contributed by atoms with van der Waals surface area (Å²) in [6.45, 7) is 5.60. The normalized spacial score (nSPS) is 12.8. The number of carboxylic acids is 1. The predicted octanol–water partition coefficient (Wildman–Crippen LogP) is 4.24. The van der Waals surface area contributed by atoms with Crippen LogP contribution in [0, 0.1) is 18.6 Å². The van der Waals surface area contributed by atoms with E-state index in [0.717, 1.165) is 0 Å². The van der Waals surface area contributed by atoms with Gasteiger partial charge in [-0.3, -0.25) is 19.4 Å². The Morgan fingerprint density at radius 2 is 1.95 bits per heavy atom. The molecule has 4 aromatic rings. The number of aromatic nitrogens is 3. The second-order valence-electron chi connectivity index (χ2n) is 9.65. The zero-order valence-corrected chi connectivity index (χ0v) is 23.0. The van der Waals surface area contributed by atoms with Crippen LogP contribution in [-0.4, -0.2) is 55.7 Å². The lowest BCUT2D eigenvalue weighted by molar-refractivity contribution is -0.137. The summed E-state index contributed by atoms with van der Waals surface area (Å²) in [5.41, 5.74) is 10.4. The predicted molar refractivity (Wildman–Crippen MR) is 149 cm³/mol. The standard InChI is InChI=1S/C28H31F2N7O4/c1-5-37(28(3,31)11-10-22(38)39)35-27(40)18-7-6-17(14-16(18)2)34-25-26-33-15-20(36(26)13-12-32-25)19-8-9-21(41-4)24(30)23(19)29/h6-9,12-15H,5,10-11,31H2,1-4H3,(H,32,34)(H,35,40)(H,38,39)/t28-/m0/s1. The number of amides is 1. The van der Waals surface area contributed by atoms with Crippen LogP contribution in [0.2, 0.25) is 0 Å². The van der Waals surface area contributed by atoms with Gasteiger partial charge in [0.2, 0.25) is 5.82 Å². The van der Waals surface area contributed by atoms with Crippen molar-refractivity contribution in [2.45, 2.75) is 39.3 Å². The Bertz CT molecular complexity index is 1610. The first-order valence-electron chi connectivity index (χ1n) is 12.8. The number of rotatable bonds is 11. The van der Waals surface area contributed by atoms with Crippen LogP contribution in [0.15, 0.2) is 48.9 Å². The number of nitrogens with one attached hydrogen (secondary N) is 2. The van der Waals surface area contributed by atoms with Gasteiger partial charge in [0, 0.05) is 42.2 Å². The van der Waals surface area contributed by atoms with Crippen molar-refractivity contribution in [3.8, 4) is 17.0 Å². The lowest BCUT2D eigenvalue weighted by atomic mass is 10.1. The van der Waals surface area contributed by atoms with Gasteiger partial charge in [0.1, 0.15) is 0 Å². The molecular formula is C28H31F2N7O4. The van der Waals surface area contributed by atoms with Crippen molar-refractivity contribution in [3.63, 3.8) is 0 Å². The molecule has 0 unspecified atom stereocenters. The highest BCUT2D eigenvalue weighted by Crippen LogP contribution is 2.31. The second kappa shape index (κ2) is 11.9. The van der Waals surface area contributed by atoms with E-state index in [0.29, 0.717) is 40.5 Å². The van der Waals surface area contributed by atoms with E-state index in [1.165, 1.54) is 36.6 Å². The molecule has 0 saturated carbocycles. The second-order valence-corrected chi connectivity index (χ2v) is 9.65. The third kappa shape index (κ3) is 6.10. The van der Waals surface area contributed by atoms with Gasteiger partial charge in [-0.25, -0.2) is 19.4 Å². The number of aryl methyl sites for hydroxylation is 1. The molecule has 13 heteroatoms. The zero-order valence-electron chi connectivity index (χ0n) is 23.0. The first-order valence-corrected chi connectivity index (χ1v) is 12.8. The highest BCUT2D eigenvalue weighted by molar-refractivity contribution is 5.96. The number of aliphatic carboxylic acids is 1. The minimum atomic E-state index is -1.09. The van der Waals surface area contributed by atoms with Crippen LogP contribution in [-0.2, 0) is 4.79 Å². The Morgan fingerprint density at radius 1 is 1.20 bits per heavy atom. The number of methoxy groups -OCH3 is 1. The fourth-order valence-electron chi connectivity index (χ4n) is 4.47. The van der Waals surface area contributed by atoms with Gasteiger partial charge in [-0.05, 0) is 56.2 Å². The lowest BCUT2D eigenvalue weighted by Gasteiger charge is -2.37. The van der Waals surface area contributed by atoms with E-state index in [1.54, 1.807) is 49.6 Å². The average Bonchev–Trinajstić information content (AvgIpc) is 3.37. The van der Waals surface area contributed by atoms with E-state index >= 15 is 0 Å². The number of hydrogen-bond acceptors (Lipinski definition) is 8. The van der Waals surface area contributed by atoms with Gasteiger partial charge in [-0.1, -0.05) is 6.92 Å². The zero-order chi connectivity index (χ0) is 29.9. The Kier molecular flexibility index (Phi) is 8.49. The quantitative estimate of drug-likeness (QED) is 0.154.